The number of hydrogen-bond donors (Lipinski definition) is 1. The first kappa shape index (κ1) is 19.0. The zero-order valence-electron chi connectivity index (χ0n) is 15.9. The van der Waals surface area contributed by atoms with Crippen LogP contribution in [-0.2, 0) is 4.79 Å². The lowest BCUT2D eigenvalue weighted by Gasteiger charge is -2.25. The first-order valence-electron chi connectivity index (χ1n) is 9.44. The van der Waals surface area contributed by atoms with Gasteiger partial charge in [-0.2, -0.15) is 0 Å². The monoisotopic (exact) mass is 366 g/mol. The van der Waals surface area contributed by atoms with E-state index in [2.05, 4.69) is 17.4 Å². The van der Waals surface area contributed by atoms with Crippen molar-refractivity contribution in [3.05, 3.63) is 65.7 Å². The second-order valence-electron chi connectivity index (χ2n) is 7.03. The van der Waals surface area contributed by atoms with Gasteiger partial charge in [0.25, 0.3) is 5.91 Å². The van der Waals surface area contributed by atoms with Crippen molar-refractivity contribution in [1.29, 1.82) is 0 Å². The molecule has 5 heteroatoms. The Morgan fingerprint density at radius 1 is 1.11 bits per heavy atom. The molecule has 1 heterocycles. The van der Waals surface area contributed by atoms with E-state index in [-0.39, 0.29) is 30.5 Å². The molecule has 142 valence electrons. The Balaban J connectivity index is 1.56. The maximum Gasteiger partial charge on any atom is 0.251 e. The second kappa shape index (κ2) is 8.71. The average Bonchev–Trinajstić information content (AvgIpc) is 3.16. The maximum absolute atomic E-state index is 12.6. The number of rotatable bonds is 6. The minimum absolute atomic E-state index is 0.00636. The van der Waals surface area contributed by atoms with Gasteiger partial charge in [-0.05, 0) is 56.5 Å². The van der Waals surface area contributed by atoms with E-state index in [9.17, 15) is 9.59 Å². The number of amides is 2. The number of benzene rings is 2. The fraction of sp³-hybridized carbons (Fsp3) is 0.364. The molecule has 27 heavy (non-hydrogen) atoms. The van der Waals surface area contributed by atoms with E-state index in [1.807, 2.05) is 36.9 Å². The number of hydrogen-bond acceptors (Lipinski definition) is 3. The highest BCUT2D eigenvalue weighted by Gasteiger charge is 2.29. The molecule has 0 saturated carbocycles. The largest absolute Gasteiger partial charge is 0.491 e. The summed E-state index contributed by atoms with van der Waals surface area (Å²) in [4.78, 5) is 26.8. The topological polar surface area (TPSA) is 58.6 Å². The summed E-state index contributed by atoms with van der Waals surface area (Å²) in [5.41, 5.74) is 1.66. The van der Waals surface area contributed by atoms with Crippen molar-refractivity contribution in [2.75, 3.05) is 13.1 Å². The Bertz CT molecular complexity index is 772. The Hall–Kier alpha value is -2.82. The van der Waals surface area contributed by atoms with E-state index in [1.165, 1.54) is 0 Å². The first-order chi connectivity index (χ1) is 13.0. The lowest BCUT2D eigenvalue weighted by molar-refractivity contribution is -0.131. The van der Waals surface area contributed by atoms with Crippen molar-refractivity contribution in [3.63, 3.8) is 0 Å². The fourth-order valence-corrected chi connectivity index (χ4v) is 3.40. The van der Waals surface area contributed by atoms with Crippen LogP contribution in [0.2, 0.25) is 0 Å². The molecular formula is C22H26N2O3. The molecule has 0 spiro atoms. The minimum atomic E-state index is -0.255. The van der Waals surface area contributed by atoms with Gasteiger partial charge < -0.3 is 15.0 Å². The molecule has 0 aliphatic carbocycles. The smallest absolute Gasteiger partial charge is 0.251 e. The summed E-state index contributed by atoms with van der Waals surface area (Å²) in [6.07, 6.45) is 2.03. The Kier molecular flexibility index (Phi) is 6.12. The Morgan fingerprint density at radius 2 is 1.81 bits per heavy atom. The van der Waals surface area contributed by atoms with E-state index in [0.717, 1.165) is 30.7 Å². The van der Waals surface area contributed by atoms with E-state index in [0.29, 0.717) is 5.56 Å². The van der Waals surface area contributed by atoms with Crippen LogP contribution < -0.4 is 10.1 Å². The fourth-order valence-electron chi connectivity index (χ4n) is 3.40. The van der Waals surface area contributed by atoms with Crippen molar-refractivity contribution >= 4 is 11.8 Å². The van der Waals surface area contributed by atoms with Gasteiger partial charge in [0.1, 0.15) is 5.75 Å². The van der Waals surface area contributed by atoms with E-state index < -0.39 is 0 Å². The minimum Gasteiger partial charge on any atom is -0.491 e. The molecule has 3 rings (SSSR count). The van der Waals surface area contributed by atoms with Crippen LogP contribution in [0.1, 0.15) is 48.7 Å². The maximum atomic E-state index is 12.6. The van der Waals surface area contributed by atoms with Gasteiger partial charge in [-0.3, -0.25) is 9.59 Å². The molecule has 2 aromatic carbocycles. The Labute approximate surface area is 160 Å². The summed E-state index contributed by atoms with van der Waals surface area (Å²) < 4.78 is 5.58. The molecule has 1 fully saturated rings. The molecule has 5 nitrogen and oxygen atoms in total. The lowest BCUT2D eigenvalue weighted by Crippen LogP contribution is -2.39. The van der Waals surface area contributed by atoms with Gasteiger partial charge in [-0.25, -0.2) is 0 Å². The first-order valence-corrected chi connectivity index (χ1v) is 9.44. The van der Waals surface area contributed by atoms with Gasteiger partial charge in [-0.1, -0.05) is 30.3 Å². The molecule has 0 radical (unpaired) electrons. The van der Waals surface area contributed by atoms with Gasteiger partial charge in [0.2, 0.25) is 5.91 Å². The highest BCUT2D eigenvalue weighted by Crippen LogP contribution is 2.31. The van der Waals surface area contributed by atoms with Gasteiger partial charge in [0.15, 0.2) is 0 Å². The van der Waals surface area contributed by atoms with Crippen molar-refractivity contribution in [1.82, 2.24) is 10.2 Å². The predicted octanol–water partition coefficient (Wildman–Crippen LogP) is 3.57. The molecule has 1 aliphatic rings. The molecule has 0 bridgehead atoms. The van der Waals surface area contributed by atoms with Crippen LogP contribution in [0.25, 0.3) is 0 Å². The lowest BCUT2D eigenvalue weighted by atomic mass is 10.0. The standard InChI is InChI=1S/C22H26N2O3/c1-16(2)27-19-12-10-18(11-13-19)22(26)23-15-21(25)24-14-6-9-20(24)17-7-4-3-5-8-17/h3-5,7-8,10-13,16,20H,6,9,14-15H2,1-2H3,(H,23,26)/t20-/m1/s1. The summed E-state index contributed by atoms with van der Waals surface area (Å²) in [6, 6.07) is 17.1. The average molecular weight is 366 g/mol. The molecule has 0 aromatic heterocycles. The van der Waals surface area contributed by atoms with Crippen molar-refractivity contribution < 1.29 is 14.3 Å². The second-order valence-corrected chi connectivity index (χ2v) is 7.03. The molecule has 1 atom stereocenters. The Morgan fingerprint density at radius 3 is 2.48 bits per heavy atom. The number of carbonyl (C=O) groups excluding carboxylic acids is 2. The van der Waals surface area contributed by atoms with Crippen molar-refractivity contribution in [2.45, 2.75) is 38.8 Å². The molecule has 2 aromatic rings. The zero-order chi connectivity index (χ0) is 19.2. The van der Waals surface area contributed by atoms with Crippen LogP contribution in [0.3, 0.4) is 0 Å². The summed E-state index contributed by atoms with van der Waals surface area (Å²) in [5, 5.41) is 2.74. The summed E-state index contributed by atoms with van der Waals surface area (Å²) in [7, 11) is 0. The van der Waals surface area contributed by atoms with Gasteiger partial charge >= 0.3 is 0 Å². The third-order valence-electron chi connectivity index (χ3n) is 4.65. The van der Waals surface area contributed by atoms with Crippen LogP contribution in [-0.4, -0.2) is 35.9 Å². The van der Waals surface area contributed by atoms with E-state index >= 15 is 0 Å². The molecular weight excluding hydrogens is 340 g/mol. The van der Waals surface area contributed by atoms with Crippen LogP contribution in [0.4, 0.5) is 0 Å². The number of likely N-dealkylation sites (tertiary alicyclic amines) is 1. The predicted molar refractivity (Wildman–Crippen MR) is 105 cm³/mol. The van der Waals surface area contributed by atoms with Gasteiger partial charge in [0.05, 0.1) is 18.7 Å². The molecule has 0 unspecified atom stereocenters. The highest BCUT2D eigenvalue weighted by molar-refractivity contribution is 5.96. The zero-order valence-corrected chi connectivity index (χ0v) is 15.9. The SMILES string of the molecule is CC(C)Oc1ccc(C(=O)NCC(=O)N2CCC[C@@H]2c2ccccc2)cc1. The third kappa shape index (κ3) is 4.88. The van der Waals surface area contributed by atoms with Crippen molar-refractivity contribution in [3.8, 4) is 5.75 Å². The number of carbonyl (C=O) groups is 2. The van der Waals surface area contributed by atoms with E-state index in [1.54, 1.807) is 24.3 Å². The number of nitrogens with one attached hydrogen (secondary N) is 1. The number of ether oxygens (including phenoxy) is 1. The summed E-state index contributed by atoms with van der Waals surface area (Å²) >= 11 is 0. The molecule has 2 amide bonds. The third-order valence-corrected chi connectivity index (χ3v) is 4.65. The summed E-state index contributed by atoms with van der Waals surface area (Å²) in [6.45, 7) is 4.64. The molecule has 1 saturated heterocycles. The summed E-state index contributed by atoms with van der Waals surface area (Å²) in [5.74, 6) is 0.421. The normalized spacial score (nSPS) is 16.4. The number of nitrogens with zero attached hydrogens (tertiary/aromatic N) is 1. The van der Waals surface area contributed by atoms with Crippen molar-refractivity contribution in [2.24, 2.45) is 0 Å². The van der Waals surface area contributed by atoms with Crippen LogP contribution in [0, 0.1) is 0 Å². The van der Waals surface area contributed by atoms with Crippen LogP contribution in [0.5, 0.6) is 5.75 Å². The van der Waals surface area contributed by atoms with Gasteiger partial charge in [0, 0.05) is 12.1 Å². The highest BCUT2D eigenvalue weighted by atomic mass is 16.5. The van der Waals surface area contributed by atoms with E-state index in [4.69, 9.17) is 4.74 Å². The van der Waals surface area contributed by atoms with Crippen LogP contribution in [0.15, 0.2) is 54.6 Å². The van der Waals surface area contributed by atoms with Crippen LogP contribution >= 0.6 is 0 Å². The molecule has 1 N–H and O–H groups in total. The van der Waals surface area contributed by atoms with Gasteiger partial charge in [-0.15, -0.1) is 0 Å². The molecule has 1 aliphatic heterocycles. The quantitative estimate of drug-likeness (QED) is 0.850.